The fourth-order valence-corrected chi connectivity index (χ4v) is 3.54. The normalized spacial score (nSPS) is 10.4. The molecular weight excluding hydrogens is 442 g/mol. The molecule has 3 N–H and O–H groups in total. The molecule has 0 aliphatic rings. The first-order valence-electron chi connectivity index (χ1n) is 11.0. The summed E-state index contributed by atoms with van der Waals surface area (Å²) in [7, 11) is 3.22. The molecule has 0 fully saturated rings. The second-order valence-corrected chi connectivity index (χ2v) is 7.84. The lowest BCUT2D eigenvalue weighted by Crippen LogP contribution is -2.17. The van der Waals surface area contributed by atoms with E-state index < -0.39 is 0 Å². The van der Waals surface area contributed by atoms with Gasteiger partial charge < -0.3 is 25.4 Å². The topological polar surface area (TPSA) is 97.4 Å². The van der Waals surface area contributed by atoms with E-state index in [-0.39, 0.29) is 5.91 Å². The lowest BCUT2D eigenvalue weighted by atomic mass is 10.1. The number of amides is 1. The molecule has 1 amide bonds. The number of aryl methyl sites for hydroxylation is 2. The van der Waals surface area contributed by atoms with E-state index in [4.69, 9.17) is 9.47 Å². The van der Waals surface area contributed by atoms with Crippen LogP contribution in [0, 0.1) is 13.8 Å². The Balaban J connectivity index is 1.72. The van der Waals surface area contributed by atoms with E-state index in [1.54, 1.807) is 20.3 Å². The molecule has 0 aliphatic heterocycles. The maximum Gasteiger partial charge on any atom is 0.256 e. The van der Waals surface area contributed by atoms with Crippen molar-refractivity contribution in [2.24, 2.45) is 0 Å². The van der Waals surface area contributed by atoms with Crippen molar-refractivity contribution in [3.8, 4) is 11.5 Å². The van der Waals surface area contributed by atoms with Crippen molar-refractivity contribution in [3.05, 3.63) is 89.6 Å². The molecule has 0 spiro atoms. The largest absolute Gasteiger partial charge is 0.497 e. The van der Waals surface area contributed by atoms with Crippen LogP contribution in [0.3, 0.4) is 0 Å². The van der Waals surface area contributed by atoms with Crippen molar-refractivity contribution in [2.45, 2.75) is 13.8 Å². The smallest absolute Gasteiger partial charge is 0.256 e. The highest BCUT2D eigenvalue weighted by Gasteiger charge is 2.17. The lowest BCUT2D eigenvalue weighted by molar-refractivity contribution is 0.102. The van der Waals surface area contributed by atoms with Gasteiger partial charge in [0.15, 0.2) is 5.82 Å². The first kappa shape index (κ1) is 23.6. The highest BCUT2D eigenvalue weighted by Crippen LogP contribution is 2.30. The number of nitrogens with one attached hydrogen (secondary N) is 3. The minimum absolute atomic E-state index is 0.239. The number of aromatic nitrogens is 2. The number of carbonyl (C=O) groups is 1. The number of anilines is 5. The molecule has 0 unspecified atom stereocenters. The first-order chi connectivity index (χ1) is 17.0. The molecule has 4 aromatic rings. The van der Waals surface area contributed by atoms with Gasteiger partial charge in [-0.2, -0.15) is 4.98 Å². The van der Waals surface area contributed by atoms with Gasteiger partial charge in [-0.05, 0) is 49.7 Å². The van der Waals surface area contributed by atoms with Crippen LogP contribution in [0.1, 0.15) is 21.6 Å². The Morgan fingerprint density at radius 2 is 1.40 bits per heavy atom. The van der Waals surface area contributed by atoms with Gasteiger partial charge in [-0.1, -0.05) is 30.3 Å². The molecule has 178 valence electrons. The third-order valence-electron chi connectivity index (χ3n) is 5.38. The monoisotopic (exact) mass is 469 g/mol. The molecule has 3 aromatic carbocycles. The quantitative estimate of drug-likeness (QED) is 0.298. The van der Waals surface area contributed by atoms with E-state index in [1.807, 2.05) is 80.6 Å². The van der Waals surface area contributed by atoms with Crippen molar-refractivity contribution in [1.29, 1.82) is 0 Å². The van der Waals surface area contributed by atoms with E-state index >= 15 is 0 Å². The molecule has 1 heterocycles. The fraction of sp³-hybridized carbons (Fsp3) is 0.148. The van der Waals surface area contributed by atoms with E-state index in [2.05, 4.69) is 25.9 Å². The summed E-state index contributed by atoms with van der Waals surface area (Å²) in [5, 5.41) is 9.50. The number of rotatable bonds is 8. The Hall–Kier alpha value is -4.59. The molecule has 35 heavy (non-hydrogen) atoms. The summed E-state index contributed by atoms with van der Waals surface area (Å²) in [4.78, 5) is 22.4. The number of methoxy groups -OCH3 is 2. The molecule has 1 aromatic heterocycles. The van der Waals surface area contributed by atoms with Gasteiger partial charge in [0.2, 0.25) is 5.95 Å². The SMILES string of the molecule is COc1cccc(Nc2nc(C)c(NC(=O)c3ccccc3C)c(Nc3cccc(OC)c3)n2)c1. The van der Waals surface area contributed by atoms with Gasteiger partial charge in [0.05, 0.1) is 19.9 Å². The van der Waals surface area contributed by atoms with Crippen LogP contribution in [0.15, 0.2) is 72.8 Å². The zero-order valence-electron chi connectivity index (χ0n) is 20.0. The molecule has 0 radical (unpaired) electrons. The molecule has 0 bridgehead atoms. The zero-order chi connectivity index (χ0) is 24.8. The van der Waals surface area contributed by atoms with E-state index in [9.17, 15) is 4.79 Å². The summed E-state index contributed by atoms with van der Waals surface area (Å²) < 4.78 is 10.6. The minimum atomic E-state index is -0.239. The molecule has 0 saturated heterocycles. The van der Waals surface area contributed by atoms with E-state index in [1.165, 1.54) is 0 Å². The van der Waals surface area contributed by atoms with Crippen molar-refractivity contribution >= 4 is 34.7 Å². The van der Waals surface area contributed by atoms with Crippen LogP contribution in [-0.2, 0) is 0 Å². The summed E-state index contributed by atoms with van der Waals surface area (Å²) in [6.07, 6.45) is 0. The molecule has 8 nitrogen and oxygen atoms in total. The third-order valence-corrected chi connectivity index (χ3v) is 5.38. The highest BCUT2D eigenvalue weighted by molar-refractivity contribution is 6.07. The van der Waals surface area contributed by atoms with Crippen molar-refractivity contribution in [1.82, 2.24) is 9.97 Å². The average Bonchev–Trinajstić information content (AvgIpc) is 2.86. The van der Waals surface area contributed by atoms with Crippen molar-refractivity contribution < 1.29 is 14.3 Å². The molecule has 0 aliphatic carbocycles. The predicted octanol–water partition coefficient (Wildman–Crippen LogP) is 5.85. The predicted molar refractivity (Wildman–Crippen MR) is 138 cm³/mol. The van der Waals surface area contributed by atoms with Gasteiger partial charge in [-0.15, -0.1) is 0 Å². The highest BCUT2D eigenvalue weighted by atomic mass is 16.5. The standard InChI is InChI=1S/C27H27N5O3/c1-17-9-5-6-14-23(17)26(33)31-24-18(2)28-27(30-20-11-8-13-22(16-20)35-4)32-25(24)29-19-10-7-12-21(15-19)34-3/h5-16H,1-4H3,(H,31,33)(H2,28,29,30,32). The Morgan fingerprint density at radius 1 is 0.771 bits per heavy atom. The van der Waals surface area contributed by atoms with Gasteiger partial charge in [-0.25, -0.2) is 4.98 Å². The Kier molecular flexibility index (Phi) is 7.11. The summed E-state index contributed by atoms with van der Waals surface area (Å²) in [5.41, 5.74) is 4.06. The molecule has 4 rings (SSSR count). The van der Waals surface area contributed by atoms with Gasteiger partial charge in [-0.3, -0.25) is 4.79 Å². The second kappa shape index (κ2) is 10.6. The van der Waals surface area contributed by atoms with Gasteiger partial charge >= 0.3 is 0 Å². The zero-order valence-corrected chi connectivity index (χ0v) is 20.0. The van der Waals surface area contributed by atoms with Gasteiger partial charge in [0.25, 0.3) is 5.91 Å². The van der Waals surface area contributed by atoms with Crippen LogP contribution >= 0.6 is 0 Å². The lowest BCUT2D eigenvalue weighted by Gasteiger charge is -2.17. The van der Waals surface area contributed by atoms with Gasteiger partial charge in [0, 0.05) is 29.1 Å². The van der Waals surface area contributed by atoms with E-state index in [0.29, 0.717) is 40.2 Å². The first-order valence-corrected chi connectivity index (χ1v) is 11.0. The summed E-state index contributed by atoms with van der Waals surface area (Å²) in [5.74, 6) is 1.98. The number of carbonyl (C=O) groups excluding carboxylic acids is 1. The molecular formula is C27H27N5O3. The van der Waals surface area contributed by atoms with Crippen LogP contribution in [0.2, 0.25) is 0 Å². The van der Waals surface area contributed by atoms with Crippen molar-refractivity contribution in [3.63, 3.8) is 0 Å². The summed E-state index contributed by atoms with van der Waals surface area (Å²) in [6.45, 7) is 3.72. The average molecular weight is 470 g/mol. The number of hydrogen-bond acceptors (Lipinski definition) is 7. The fourth-order valence-electron chi connectivity index (χ4n) is 3.54. The molecule has 0 atom stereocenters. The third kappa shape index (κ3) is 5.67. The minimum Gasteiger partial charge on any atom is -0.497 e. The van der Waals surface area contributed by atoms with Gasteiger partial charge in [0.1, 0.15) is 17.2 Å². The number of ether oxygens (including phenoxy) is 2. The van der Waals surface area contributed by atoms with Crippen LogP contribution in [-0.4, -0.2) is 30.1 Å². The Labute approximate surface area is 204 Å². The Bertz CT molecular complexity index is 1360. The van der Waals surface area contributed by atoms with Crippen LogP contribution in [0.5, 0.6) is 11.5 Å². The summed E-state index contributed by atoms with van der Waals surface area (Å²) >= 11 is 0. The number of hydrogen-bond donors (Lipinski definition) is 3. The van der Waals surface area contributed by atoms with E-state index in [0.717, 1.165) is 16.9 Å². The van der Waals surface area contributed by atoms with Crippen LogP contribution in [0.4, 0.5) is 28.8 Å². The Morgan fingerprint density at radius 3 is 2.03 bits per heavy atom. The van der Waals surface area contributed by atoms with Crippen LogP contribution < -0.4 is 25.4 Å². The second-order valence-electron chi connectivity index (χ2n) is 7.84. The van der Waals surface area contributed by atoms with Crippen LogP contribution in [0.25, 0.3) is 0 Å². The molecule has 8 heteroatoms. The summed E-state index contributed by atoms with van der Waals surface area (Å²) in [6, 6.07) is 22.4. The number of nitrogens with zero attached hydrogens (tertiary/aromatic N) is 2. The maximum atomic E-state index is 13.1. The van der Waals surface area contributed by atoms with Crippen molar-refractivity contribution in [2.75, 3.05) is 30.2 Å². The molecule has 0 saturated carbocycles. The maximum absolute atomic E-state index is 13.1. The number of benzene rings is 3.